The maximum atomic E-state index is 11.8. The molecule has 0 aromatic heterocycles. The Morgan fingerprint density at radius 2 is 2.07 bits per heavy atom. The molecule has 8 heteroatoms. The average Bonchev–Trinajstić information content (AvgIpc) is 2.31. The van der Waals surface area contributed by atoms with Crippen molar-refractivity contribution in [3.05, 3.63) is 0 Å². The molecule has 0 saturated heterocycles. The van der Waals surface area contributed by atoms with Crippen molar-refractivity contribution in [2.45, 2.75) is 19.0 Å². The molecule has 1 aliphatic heterocycles. The molecule has 0 aromatic rings. The fraction of sp³-hybridized carbons (Fsp3) is 0.833. The third kappa shape index (κ3) is 4.43. The van der Waals surface area contributed by atoms with E-state index in [0.29, 0.717) is 5.75 Å². The van der Waals surface area contributed by atoms with Gasteiger partial charge < -0.3 is 0 Å². The Kier molecular flexibility index (Phi) is 3.59. The van der Waals surface area contributed by atoms with Gasteiger partial charge in [0.15, 0.2) is 5.75 Å². The van der Waals surface area contributed by atoms with Crippen molar-refractivity contribution in [2.75, 3.05) is 11.5 Å². The Labute approximate surface area is 82.8 Å². The molecule has 14 heavy (non-hydrogen) atoms. The van der Waals surface area contributed by atoms with Gasteiger partial charge in [0.25, 0.3) is 0 Å². The Morgan fingerprint density at radius 1 is 1.43 bits per heavy atom. The topological polar surface area (TPSA) is 46.2 Å². The van der Waals surface area contributed by atoms with Crippen LogP contribution in [0.25, 0.3) is 0 Å². The molecule has 1 unspecified atom stereocenters. The maximum Gasteiger partial charge on any atom is 0.404 e. The van der Waals surface area contributed by atoms with E-state index in [1.807, 2.05) is 4.13 Å². The zero-order valence-corrected chi connectivity index (χ0v) is 8.81. The minimum absolute atomic E-state index is 0.608. The molecule has 1 atom stereocenters. The number of hydrogen-bond acceptors (Lipinski definition) is 2. The van der Waals surface area contributed by atoms with Crippen LogP contribution in [0.2, 0.25) is 0 Å². The van der Waals surface area contributed by atoms with Crippen LogP contribution in [0.1, 0.15) is 12.8 Å². The lowest BCUT2D eigenvalue weighted by Gasteiger charge is -2.10. The number of sulfonamides is 1. The largest absolute Gasteiger partial charge is 0.404 e. The maximum absolute atomic E-state index is 11.8. The molecule has 0 aromatic carbocycles. The molecule has 0 amide bonds. The lowest BCUT2D eigenvalue weighted by Crippen LogP contribution is -2.30. The van der Waals surface area contributed by atoms with Crippen LogP contribution in [0, 0.1) is 0 Å². The van der Waals surface area contributed by atoms with Gasteiger partial charge in [-0.1, -0.05) is 0 Å². The Hall–Kier alpha value is -0.0800. The van der Waals surface area contributed by atoms with Gasteiger partial charge in [-0.15, -0.1) is 10.7 Å². The van der Waals surface area contributed by atoms with Gasteiger partial charge in [-0.05, 0) is 18.2 Å². The standard InChI is InChI=1S/C6H10F3NO2S2/c7-6(8,9)5-14(11,12)10-13-3-1-2-4-13/h3,10H,1-2,4-5H2. The molecule has 0 fully saturated rings. The van der Waals surface area contributed by atoms with Gasteiger partial charge in [0, 0.05) is 5.75 Å². The predicted octanol–water partition coefficient (Wildman–Crippen LogP) is 1.25. The van der Waals surface area contributed by atoms with Crippen LogP contribution >= 0.6 is 10.7 Å². The lowest BCUT2D eigenvalue weighted by molar-refractivity contribution is -0.106. The van der Waals surface area contributed by atoms with Crippen molar-refractivity contribution in [3.63, 3.8) is 0 Å². The first-order chi connectivity index (χ1) is 6.29. The zero-order valence-electron chi connectivity index (χ0n) is 7.17. The summed E-state index contributed by atoms with van der Waals surface area (Å²) in [6.45, 7) is 0. The second-order valence-corrected chi connectivity index (χ2v) is 6.68. The van der Waals surface area contributed by atoms with Crippen molar-refractivity contribution in [1.29, 1.82) is 0 Å². The monoisotopic (exact) mass is 249 g/mol. The highest BCUT2D eigenvalue weighted by Crippen LogP contribution is 2.22. The summed E-state index contributed by atoms with van der Waals surface area (Å²) in [5.41, 5.74) is 0. The van der Waals surface area contributed by atoms with Crippen LogP contribution in [0.4, 0.5) is 13.2 Å². The van der Waals surface area contributed by atoms with Gasteiger partial charge >= 0.3 is 6.18 Å². The van der Waals surface area contributed by atoms with E-state index in [4.69, 9.17) is 0 Å². The van der Waals surface area contributed by atoms with Crippen LogP contribution in [0.3, 0.4) is 0 Å². The van der Waals surface area contributed by atoms with Gasteiger partial charge in [-0.3, -0.25) is 0 Å². The number of alkyl halides is 3. The number of rotatable bonds is 3. The summed E-state index contributed by atoms with van der Waals surface area (Å²) in [5, 5.41) is 1.72. The predicted molar refractivity (Wildman–Crippen MR) is 50.7 cm³/mol. The van der Waals surface area contributed by atoms with Crippen molar-refractivity contribution in [1.82, 2.24) is 4.13 Å². The van der Waals surface area contributed by atoms with Crippen LogP contribution in [-0.4, -0.2) is 31.5 Å². The van der Waals surface area contributed by atoms with E-state index in [1.54, 1.807) is 5.37 Å². The Balaban J connectivity index is 2.58. The molecule has 3 nitrogen and oxygen atoms in total. The van der Waals surface area contributed by atoms with E-state index in [-0.39, 0.29) is 0 Å². The third-order valence-electron chi connectivity index (χ3n) is 1.48. The first-order valence-electron chi connectivity index (χ1n) is 3.88. The number of hydrogen-bond donors (Lipinski definition) is 1. The number of halogens is 3. The molecule has 1 heterocycles. The second-order valence-electron chi connectivity index (χ2n) is 2.90. The summed E-state index contributed by atoms with van der Waals surface area (Å²) in [4.78, 5) is 0. The summed E-state index contributed by atoms with van der Waals surface area (Å²) in [7, 11) is -4.91. The molecular formula is C6H10F3NO2S2. The highest BCUT2D eigenvalue weighted by Gasteiger charge is 2.35. The van der Waals surface area contributed by atoms with E-state index in [0.717, 1.165) is 12.8 Å². The minimum Gasteiger partial charge on any atom is -0.211 e. The molecule has 0 spiro atoms. The molecule has 0 saturated carbocycles. The van der Waals surface area contributed by atoms with Crippen molar-refractivity contribution in [2.24, 2.45) is 0 Å². The quantitative estimate of drug-likeness (QED) is 0.765. The summed E-state index contributed by atoms with van der Waals surface area (Å²) in [6, 6.07) is 0. The van der Waals surface area contributed by atoms with Gasteiger partial charge in [-0.25, -0.2) is 8.42 Å². The van der Waals surface area contributed by atoms with Gasteiger partial charge in [-0.2, -0.15) is 17.3 Å². The minimum atomic E-state index is -4.67. The molecule has 1 aliphatic rings. The van der Waals surface area contributed by atoms with E-state index < -0.39 is 32.6 Å². The van der Waals surface area contributed by atoms with Gasteiger partial charge in [0.05, 0.1) is 0 Å². The third-order valence-corrected chi connectivity index (χ3v) is 5.42. The van der Waals surface area contributed by atoms with Gasteiger partial charge in [0.1, 0.15) is 0 Å². The van der Waals surface area contributed by atoms with Gasteiger partial charge in [0.2, 0.25) is 10.0 Å². The SMILES string of the molecule is O=S(=O)(CC(F)(F)F)NS1=CCCC1. The molecule has 0 bridgehead atoms. The lowest BCUT2D eigenvalue weighted by atomic mass is 10.4. The summed E-state index contributed by atoms with van der Waals surface area (Å²) in [5.74, 6) is -1.19. The molecule has 0 radical (unpaired) electrons. The second kappa shape index (κ2) is 4.19. The van der Waals surface area contributed by atoms with Crippen LogP contribution in [0.5, 0.6) is 0 Å². The highest BCUT2D eigenvalue weighted by molar-refractivity contribution is 8.20. The normalized spacial score (nSPS) is 23.5. The summed E-state index contributed by atoms with van der Waals surface area (Å²) < 4.78 is 59.3. The van der Waals surface area contributed by atoms with Crippen molar-refractivity contribution >= 4 is 26.1 Å². The number of nitrogens with one attached hydrogen (secondary N) is 1. The van der Waals surface area contributed by atoms with E-state index in [9.17, 15) is 21.6 Å². The first kappa shape index (κ1) is 12.0. The Morgan fingerprint density at radius 3 is 2.50 bits per heavy atom. The highest BCUT2D eigenvalue weighted by atomic mass is 32.3. The van der Waals surface area contributed by atoms with E-state index in [2.05, 4.69) is 0 Å². The first-order valence-corrected chi connectivity index (χ1v) is 6.99. The summed E-state index contributed by atoms with van der Waals surface area (Å²) in [6.07, 6.45) is -3.08. The van der Waals surface area contributed by atoms with Crippen molar-refractivity contribution in [3.8, 4) is 0 Å². The molecular weight excluding hydrogens is 239 g/mol. The molecule has 1 rings (SSSR count). The van der Waals surface area contributed by atoms with Crippen molar-refractivity contribution < 1.29 is 21.6 Å². The van der Waals surface area contributed by atoms with Crippen LogP contribution < -0.4 is 4.13 Å². The smallest absolute Gasteiger partial charge is 0.211 e. The van der Waals surface area contributed by atoms with E-state index in [1.165, 1.54) is 0 Å². The summed E-state index contributed by atoms with van der Waals surface area (Å²) >= 11 is 0. The molecule has 84 valence electrons. The molecule has 1 N–H and O–H groups in total. The fourth-order valence-corrected chi connectivity index (χ4v) is 4.70. The Bertz CT molecular complexity index is 333. The van der Waals surface area contributed by atoms with Crippen LogP contribution in [0.15, 0.2) is 0 Å². The zero-order chi connectivity index (χ0) is 10.8. The fourth-order valence-electron chi connectivity index (χ4n) is 1.03. The van der Waals surface area contributed by atoms with E-state index >= 15 is 0 Å². The average molecular weight is 249 g/mol. The molecule has 0 aliphatic carbocycles. The van der Waals surface area contributed by atoms with Crippen LogP contribution in [-0.2, 0) is 10.0 Å².